The monoisotopic (exact) mass is 539 g/mol. The molecule has 2 heterocycles. The normalized spacial score (nSPS) is 21.6. The number of nitriles is 1. The molecule has 2 aromatic rings. The van der Waals surface area contributed by atoms with Crippen molar-refractivity contribution in [2.24, 2.45) is 0 Å². The fraction of sp³-hybridized carbons (Fsp3) is 0.517. The molecule has 3 fully saturated rings. The van der Waals surface area contributed by atoms with E-state index >= 15 is 0 Å². The molecule has 0 bridgehead atoms. The highest BCUT2D eigenvalue weighted by Gasteiger charge is 2.64. The lowest BCUT2D eigenvalue weighted by Gasteiger charge is -2.35. The predicted molar refractivity (Wildman–Crippen MR) is 138 cm³/mol. The van der Waals surface area contributed by atoms with Crippen LogP contribution < -0.4 is 10.2 Å². The number of nitrogens with one attached hydrogen (secondary N) is 1. The molecule has 0 spiro atoms. The molecule has 2 aliphatic carbocycles. The van der Waals surface area contributed by atoms with Gasteiger partial charge in [0, 0.05) is 36.2 Å². The van der Waals surface area contributed by atoms with Crippen molar-refractivity contribution in [1.82, 2.24) is 15.2 Å². The summed E-state index contributed by atoms with van der Waals surface area (Å²) >= 11 is 0. The van der Waals surface area contributed by atoms with Crippen LogP contribution in [-0.2, 0) is 15.0 Å². The standard InChI is InChI=1S/C29H32F3N5O2/c30-29(31,32)28(14-15-28)21-10-12-23(13-11-21)37(27(39)24-9-5-17-36(24)19-33)25(20-6-4-16-34-18-20)26(38)35-22-7-2-1-3-8-22/h4,6,10-13,16,18,22,24-25H,1-3,5,7-9,14-15,17H2,(H,35,38)/t24-,25?/m1/s1. The zero-order valence-electron chi connectivity index (χ0n) is 21.7. The van der Waals surface area contributed by atoms with E-state index in [1.807, 2.05) is 0 Å². The number of nitrogens with zero attached hydrogens (tertiary/aromatic N) is 4. The molecule has 5 rings (SSSR count). The Bertz CT molecular complexity index is 1220. The van der Waals surface area contributed by atoms with Crippen molar-refractivity contribution >= 4 is 17.5 Å². The van der Waals surface area contributed by atoms with Crippen LogP contribution >= 0.6 is 0 Å². The summed E-state index contributed by atoms with van der Waals surface area (Å²) in [5.74, 6) is -0.811. The number of carbonyl (C=O) groups excluding carboxylic acids is 2. The summed E-state index contributed by atoms with van der Waals surface area (Å²) < 4.78 is 41.3. The van der Waals surface area contributed by atoms with Crippen LogP contribution in [0.15, 0.2) is 48.8 Å². The molecule has 0 radical (unpaired) electrons. The van der Waals surface area contributed by atoms with Crippen molar-refractivity contribution in [3.05, 3.63) is 59.9 Å². The van der Waals surface area contributed by atoms with Gasteiger partial charge in [-0.05, 0) is 62.3 Å². The van der Waals surface area contributed by atoms with Gasteiger partial charge in [-0.3, -0.25) is 24.4 Å². The summed E-state index contributed by atoms with van der Waals surface area (Å²) in [6.07, 6.45) is 6.78. The van der Waals surface area contributed by atoms with E-state index in [4.69, 9.17) is 0 Å². The van der Waals surface area contributed by atoms with Crippen LogP contribution in [0.1, 0.15) is 75.0 Å². The second-order valence-corrected chi connectivity index (χ2v) is 10.8. The average molecular weight is 540 g/mol. The number of carbonyl (C=O) groups is 2. The highest BCUT2D eigenvalue weighted by Crippen LogP contribution is 2.59. The summed E-state index contributed by atoms with van der Waals surface area (Å²) in [6, 6.07) is 7.31. The number of likely N-dealkylation sites (tertiary alicyclic amines) is 1. The molecule has 1 aromatic heterocycles. The van der Waals surface area contributed by atoms with Crippen LogP contribution in [-0.4, -0.2) is 46.5 Å². The Labute approximate surface area is 226 Å². The second kappa shape index (κ2) is 10.9. The summed E-state index contributed by atoms with van der Waals surface area (Å²) in [4.78, 5) is 35.0. The molecule has 7 nitrogen and oxygen atoms in total. The number of amides is 2. The molecule has 206 valence electrons. The van der Waals surface area contributed by atoms with Gasteiger partial charge in [-0.1, -0.05) is 37.5 Å². The number of alkyl halides is 3. The predicted octanol–water partition coefficient (Wildman–Crippen LogP) is 5.14. The molecule has 3 aliphatic rings. The molecule has 1 unspecified atom stereocenters. The number of hydrogen-bond donors (Lipinski definition) is 1. The van der Waals surface area contributed by atoms with Crippen molar-refractivity contribution in [2.45, 2.75) is 87.5 Å². The van der Waals surface area contributed by atoms with Gasteiger partial charge in [-0.2, -0.15) is 18.4 Å². The van der Waals surface area contributed by atoms with Crippen LogP contribution in [0, 0.1) is 11.5 Å². The van der Waals surface area contributed by atoms with Gasteiger partial charge in [0.15, 0.2) is 6.19 Å². The zero-order valence-corrected chi connectivity index (χ0v) is 21.7. The molecule has 10 heteroatoms. The maximum atomic E-state index is 14.1. The molecule has 2 saturated carbocycles. The van der Waals surface area contributed by atoms with Crippen molar-refractivity contribution < 1.29 is 22.8 Å². The topological polar surface area (TPSA) is 89.3 Å². The van der Waals surface area contributed by atoms with Gasteiger partial charge in [0.05, 0.1) is 5.41 Å². The molecule has 1 N–H and O–H groups in total. The van der Waals surface area contributed by atoms with E-state index < -0.39 is 29.6 Å². The van der Waals surface area contributed by atoms with E-state index in [0.717, 1.165) is 32.1 Å². The van der Waals surface area contributed by atoms with Gasteiger partial charge in [-0.15, -0.1) is 0 Å². The minimum atomic E-state index is -4.36. The lowest BCUT2D eigenvalue weighted by atomic mass is 9.93. The zero-order chi connectivity index (χ0) is 27.6. The first-order valence-corrected chi connectivity index (χ1v) is 13.6. The van der Waals surface area contributed by atoms with Gasteiger partial charge in [0.25, 0.3) is 5.91 Å². The third-order valence-electron chi connectivity index (χ3n) is 8.35. The lowest BCUT2D eigenvalue weighted by molar-refractivity contribution is -0.160. The van der Waals surface area contributed by atoms with E-state index in [1.165, 1.54) is 40.3 Å². The molecular weight excluding hydrogens is 507 g/mol. The van der Waals surface area contributed by atoms with Gasteiger partial charge in [0.1, 0.15) is 12.1 Å². The van der Waals surface area contributed by atoms with Crippen molar-refractivity contribution in [3.63, 3.8) is 0 Å². The molecule has 2 atom stereocenters. The third-order valence-corrected chi connectivity index (χ3v) is 8.35. The van der Waals surface area contributed by atoms with E-state index in [9.17, 15) is 28.0 Å². The average Bonchev–Trinajstić information content (AvgIpc) is 3.64. The quantitative estimate of drug-likeness (QED) is 0.492. The highest BCUT2D eigenvalue weighted by atomic mass is 19.4. The number of benzene rings is 1. The Morgan fingerprint density at radius 1 is 1.08 bits per heavy atom. The van der Waals surface area contributed by atoms with Gasteiger partial charge in [0.2, 0.25) is 5.91 Å². The number of hydrogen-bond acceptors (Lipinski definition) is 5. The molecule has 39 heavy (non-hydrogen) atoms. The summed E-state index contributed by atoms with van der Waals surface area (Å²) in [7, 11) is 0. The van der Waals surface area contributed by atoms with Crippen LogP contribution in [0.25, 0.3) is 0 Å². The maximum absolute atomic E-state index is 14.1. The van der Waals surface area contributed by atoms with Gasteiger partial charge in [-0.25, -0.2) is 0 Å². The number of rotatable bonds is 7. The third kappa shape index (κ3) is 5.32. The van der Waals surface area contributed by atoms with Crippen molar-refractivity contribution in [2.75, 3.05) is 11.4 Å². The van der Waals surface area contributed by atoms with Crippen LogP contribution in [0.4, 0.5) is 18.9 Å². The maximum Gasteiger partial charge on any atom is 0.398 e. The Morgan fingerprint density at radius 2 is 1.79 bits per heavy atom. The van der Waals surface area contributed by atoms with E-state index in [2.05, 4.69) is 16.5 Å². The number of anilines is 1. The molecule has 1 aliphatic heterocycles. The van der Waals surface area contributed by atoms with Gasteiger partial charge < -0.3 is 5.32 Å². The Morgan fingerprint density at radius 3 is 2.38 bits per heavy atom. The summed E-state index contributed by atoms with van der Waals surface area (Å²) in [5, 5.41) is 12.8. The first kappa shape index (κ1) is 27.0. The lowest BCUT2D eigenvalue weighted by Crippen LogP contribution is -2.51. The SMILES string of the molecule is N#CN1CCC[C@@H]1C(=O)N(c1ccc(C2(C(F)(F)F)CC2)cc1)C(C(=O)NC1CCCCC1)c1cccnc1. The minimum absolute atomic E-state index is 0.0200. The van der Waals surface area contributed by atoms with Crippen LogP contribution in [0.2, 0.25) is 0 Å². The summed E-state index contributed by atoms with van der Waals surface area (Å²) in [6.45, 7) is 0.430. The largest absolute Gasteiger partial charge is 0.398 e. The fourth-order valence-corrected chi connectivity index (χ4v) is 5.99. The van der Waals surface area contributed by atoms with E-state index in [1.54, 1.807) is 18.3 Å². The molecule has 1 saturated heterocycles. The van der Waals surface area contributed by atoms with E-state index in [-0.39, 0.29) is 30.4 Å². The number of aromatic nitrogens is 1. The number of halogens is 3. The second-order valence-electron chi connectivity index (χ2n) is 10.8. The Balaban J connectivity index is 1.55. The summed E-state index contributed by atoms with van der Waals surface area (Å²) in [5.41, 5.74) is -0.919. The van der Waals surface area contributed by atoms with Crippen LogP contribution in [0.3, 0.4) is 0 Å². The van der Waals surface area contributed by atoms with Crippen molar-refractivity contribution in [3.8, 4) is 6.19 Å². The molecule has 2 amide bonds. The minimum Gasteiger partial charge on any atom is -0.351 e. The highest BCUT2D eigenvalue weighted by molar-refractivity contribution is 6.04. The molecular formula is C29H32F3N5O2. The van der Waals surface area contributed by atoms with Gasteiger partial charge >= 0.3 is 6.18 Å². The first-order valence-electron chi connectivity index (χ1n) is 13.6. The first-order chi connectivity index (χ1) is 18.7. The number of pyridine rings is 1. The van der Waals surface area contributed by atoms with E-state index in [0.29, 0.717) is 30.6 Å². The molecule has 1 aromatic carbocycles. The smallest absolute Gasteiger partial charge is 0.351 e. The fourth-order valence-electron chi connectivity index (χ4n) is 5.99. The Kier molecular flexibility index (Phi) is 7.52. The van der Waals surface area contributed by atoms with Crippen LogP contribution in [0.5, 0.6) is 0 Å². The van der Waals surface area contributed by atoms with Crippen molar-refractivity contribution in [1.29, 1.82) is 5.26 Å². The Hall–Kier alpha value is -3.61.